The topological polar surface area (TPSA) is 54.0 Å². The predicted octanol–water partition coefficient (Wildman–Crippen LogP) is 4.30. The van der Waals surface area contributed by atoms with Crippen LogP contribution in [0.25, 0.3) is 10.9 Å². The van der Waals surface area contributed by atoms with Crippen LogP contribution < -0.4 is 10.6 Å². The van der Waals surface area contributed by atoms with Crippen molar-refractivity contribution in [2.45, 2.75) is 45.4 Å². The molecule has 1 aromatic heterocycles. The SMILES string of the molecule is Cc1cc(C)c2nc(C3CC3)cc(C(=O)NCCC3CCNC3)c2c1.Cl.Cl. The van der Waals surface area contributed by atoms with Gasteiger partial charge in [0.2, 0.25) is 0 Å². The molecule has 0 spiro atoms. The quantitative estimate of drug-likeness (QED) is 0.773. The van der Waals surface area contributed by atoms with Crippen LogP contribution in [0.15, 0.2) is 18.2 Å². The number of nitrogens with one attached hydrogen (secondary N) is 2. The number of hydrogen-bond donors (Lipinski definition) is 2. The van der Waals surface area contributed by atoms with E-state index in [4.69, 9.17) is 4.98 Å². The first-order chi connectivity index (χ1) is 12.1. The van der Waals surface area contributed by atoms with Gasteiger partial charge in [0.15, 0.2) is 0 Å². The number of benzene rings is 1. The Morgan fingerprint density at radius 1 is 1.19 bits per heavy atom. The van der Waals surface area contributed by atoms with Gasteiger partial charge in [0.25, 0.3) is 5.91 Å². The van der Waals surface area contributed by atoms with Gasteiger partial charge < -0.3 is 10.6 Å². The highest BCUT2D eigenvalue weighted by Gasteiger charge is 2.27. The number of amides is 1. The fraction of sp³-hybridized carbons (Fsp3) is 0.524. The lowest BCUT2D eigenvalue weighted by molar-refractivity contribution is 0.0953. The van der Waals surface area contributed by atoms with Gasteiger partial charge in [-0.15, -0.1) is 24.8 Å². The fourth-order valence-corrected chi connectivity index (χ4v) is 3.92. The van der Waals surface area contributed by atoms with Crippen molar-refractivity contribution in [1.82, 2.24) is 15.6 Å². The molecular weight excluding hydrogens is 381 g/mol. The van der Waals surface area contributed by atoms with Crippen molar-refractivity contribution >= 4 is 41.6 Å². The largest absolute Gasteiger partial charge is 0.352 e. The highest BCUT2D eigenvalue weighted by atomic mass is 35.5. The van der Waals surface area contributed by atoms with Gasteiger partial charge in [-0.2, -0.15) is 0 Å². The number of carbonyl (C=O) groups excluding carboxylic acids is 1. The Kier molecular flexibility index (Phi) is 7.49. The Labute approximate surface area is 173 Å². The maximum absolute atomic E-state index is 12.9. The monoisotopic (exact) mass is 409 g/mol. The van der Waals surface area contributed by atoms with Crippen LogP contribution in [-0.4, -0.2) is 30.5 Å². The van der Waals surface area contributed by atoms with Gasteiger partial charge in [0.05, 0.1) is 11.1 Å². The van der Waals surface area contributed by atoms with E-state index >= 15 is 0 Å². The molecule has 0 bridgehead atoms. The molecule has 1 aliphatic heterocycles. The maximum Gasteiger partial charge on any atom is 0.252 e. The van der Waals surface area contributed by atoms with E-state index in [9.17, 15) is 4.79 Å². The Balaban J connectivity index is 0.00000131. The van der Waals surface area contributed by atoms with Crippen molar-refractivity contribution in [3.05, 3.63) is 40.6 Å². The summed E-state index contributed by atoms with van der Waals surface area (Å²) in [6, 6.07) is 6.29. The van der Waals surface area contributed by atoms with Gasteiger partial charge in [-0.05, 0) is 76.2 Å². The molecule has 27 heavy (non-hydrogen) atoms. The molecule has 6 heteroatoms. The second-order valence-corrected chi connectivity index (χ2v) is 7.75. The molecule has 0 radical (unpaired) electrons. The molecule has 1 aromatic carbocycles. The predicted molar refractivity (Wildman–Crippen MR) is 116 cm³/mol. The van der Waals surface area contributed by atoms with Gasteiger partial charge in [0.1, 0.15) is 0 Å². The van der Waals surface area contributed by atoms with E-state index in [0.29, 0.717) is 11.8 Å². The average molecular weight is 410 g/mol. The van der Waals surface area contributed by atoms with Crippen molar-refractivity contribution in [3.8, 4) is 0 Å². The lowest BCUT2D eigenvalue weighted by Crippen LogP contribution is -2.27. The zero-order valence-corrected chi connectivity index (χ0v) is 17.6. The highest BCUT2D eigenvalue weighted by molar-refractivity contribution is 6.07. The minimum absolute atomic E-state index is 0. The van der Waals surface area contributed by atoms with Gasteiger partial charge in [-0.25, -0.2) is 0 Å². The first kappa shape index (κ1) is 21.9. The molecule has 1 saturated heterocycles. The van der Waals surface area contributed by atoms with E-state index in [2.05, 4.69) is 36.6 Å². The summed E-state index contributed by atoms with van der Waals surface area (Å²) in [6.45, 7) is 7.11. The lowest BCUT2D eigenvalue weighted by atomic mass is 10.00. The number of nitrogens with zero attached hydrogens (tertiary/aromatic N) is 1. The molecule has 1 atom stereocenters. The van der Waals surface area contributed by atoms with Crippen molar-refractivity contribution in [1.29, 1.82) is 0 Å². The van der Waals surface area contributed by atoms with Crippen LogP contribution in [0.4, 0.5) is 0 Å². The van der Waals surface area contributed by atoms with Crippen LogP contribution >= 0.6 is 24.8 Å². The highest BCUT2D eigenvalue weighted by Crippen LogP contribution is 2.40. The summed E-state index contributed by atoms with van der Waals surface area (Å²) in [5.41, 5.74) is 5.20. The minimum Gasteiger partial charge on any atom is -0.352 e. The first-order valence-corrected chi connectivity index (χ1v) is 9.52. The standard InChI is InChI=1S/C21H27N3O.2ClH/c1-13-9-14(2)20-17(10-13)18(11-19(24-20)16-3-4-16)21(25)23-8-6-15-5-7-22-12-15;;/h9-11,15-16,22H,3-8,12H2,1-2H3,(H,23,25);2*1H. The number of aryl methyl sites for hydroxylation is 2. The summed E-state index contributed by atoms with van der Waals surface area (Å²) in [5.74, 6) is 1.28. The van der Waals surface area contributed by atoms with E-state index in [0.717, 1.165) is 53.8 Å². The number of pyridine rings is 1. The number of hydrogen-bond acceptors (Lipinski definition) is 3. The number of fused-ring (bicyclic) bond motifs is 1. The van der Waals surface area contributed by atoms with Crippen LogP contribution in [0.2, 0.25) is 0 Å². The smallest absolute Gasteiger partial charge is 0.252 e. The Hall–Kier alpha value is -1.36. The normalized spacial score (nSPS) is 18.7. The van der Waals surface area contributed by atoms with E-state index in [1.165, 1.54) is 24.8 Å². The lowest BCUT2D eigenvalue weighted by Gasteiger charge is -2.13. The zero-order chi connectivity index (χ0) is 17.4. The van der Waals surface area contributed by atoms with E-state index in [-0.39, 0.29) is 30.7 Å². The molecule has 2 heterocycles. The first-order valence-electron chi connectivity index (χ1n) is 9.52. The van der Waals surface area contributed by atoms with Crippen molar-refractivity contribution in [2.24, 2.45) is 5.92 Å². The molecule has 2 aliphatic rings. The number of halogens is 2. The molecule has 2 N–H and O–H groups in total. The molecule has 2 aromatic rings. The number of rotatable bonds is 5. The molecule has 2 fully saturated rings. The van der Waals surface area contributed by atoms with E-state index in [1.807, 2.05) is 6.07 Å². The third kappa shape index (κ3) is 4.92. The average Bonchev–Trinajstić information content (AvgIpc) is 3.31. The van der Waals surface area contributed by atoms with Crippen LogP contribution in [0.1, 0.15) is 58.8 Å². The Bertz CT molecular complexity index is 815. The van der Waals surface area contributed by atoms with Gasteiger partial charge >= 0.3 is 0 Å². The zero-order valence-electron chi connectivity index (χ0n) is 16.0. The summed E-state index contributed by atoms with van der Waals surface area (Å²) in [5, 5.41) is 7.52. The molecule has 1 unspecified atom stereocenters. The summed E-state index contributed by atoms with van der Waals surface area (Å²) in [4.78, 5) is 17.8. The molecule has 4 rings (SSSR count). The van der Waals surface area contributed by atoms with Crippen molar-refractivity contribution < 1.29 is 4.79 Å². The van der Waals surface area contributed by atoms with Crippen molar-refractivity contribution in [3.63, 3.8) is 0 Å². The van der Waals surface area contributed by atoms with Crippen LogP contribution in [0.5, 0.6) is 0 Å². The molecule has 148 valence electrons. The second-order valence-electron chi connectivity index (χ2n) is 7.75. The number of aromatic nitrogens is 1. The second kappa shape index (κ2) is 9.22. The van der Waals surface area contributed by atoms with Gasteiger partial charge in [-0.3, -0.25) is 9.78 Å². The number of carbonyl (C=O) groups is 1. The van der Waals surface area contributed by atoms with Crippen LogP contribution in [0.3, 0.4) is 0 Å². The van der Waals surface area contributed by atoms with Gasteiger partial charge in [0, 0.05) is 23.5 Å². The molecule has 1 amide bonds. The summed E-state index contributed by atoms with van der Waals surface area (Å²) in [6.07, 6.45) is 4.66. The van der Waals surface area contributed by atoms with E-state index in [1.54, 1.807) is 0 Å². The van der Waals surface area contributed by atoms with Gasteiger partial charge in [-0.1, -0.05) is 11.6 Å². The van der Waals surface area contributed by atoms with Crippen molar-refractivity contribution in [2.75, 3.05) is 19.6 Å². The summed E-state index contributed by atoms with van der Waals surface area (Å²) < 4.78 is 0. The molecular formula is C21H29Cl2N3O. The van der Waals surface area contributed by atoms with Crippen LogP contribution in [-0.2, 0) is 0 Å². The molecule has 4 nitrogen and oxygen atoms in total. The summed E-state index contributed by atoms with van der Waals surface area (Å²) >= 11 is 0. The third-order valence-electron chi connectivity index (χ3n) is 5.51. The Morgan fingerprint density at radius 3 is 2.63 bits per heavy atom. The summed E-state index contributed by atoms with van der Waals surface area (Å²) in [7, 11) is 0. The maximum atomic E-state index is 12.9. The van der Waals surface area contributed by atoms with E-state index < -0.39 is 0 Å². The van der Waals surface area contributed by atoms with Crippen LogP contribution in [0, 0.1) is 19.8 Å². The Morgan fingerprint density at radius 2 is 1.96 bits per heavy atom. The third-order valence-corrected chi connectivity index (χ3v) is 5.51. The minimum atomic E-state index is 0. The fourth-order valence-electron chi connectivity index (χ4n) is 3.92. The molecule has 1 aliphatic carbocycles. The molecule has 1 saturated carbocycles.